The Kier molecular flexibility index (Phi) is 6.34. The molecule has 1 aliphatic heterocycles. The third-order valence-corrected chi connectivity index (χ3v) is 3.87. The van der Waals surface area contributed by atoms with E-state index in [1.807, 2.05) is 6.07 Å². The highest BCUT2D eigenvalue weighted by Crippen LogP contribution is 2.15. The van der Waals surface area contributed by atoms with Crippen molar-refractivity contribution < 1.29 is 19.1 Å². The molecule has 0 bridgehead atoms. The van der Waals surface area contributed by atoms with Crippen molar-refractivity contribution in [2.24, 2.45) is 0 Å². The van der Waals surface area contributed by atoms with E-state index in [1.54, 1.807) is 17.2 Å². The highest BCUT2D eigenvalue weighted by molar-refractivity contribution is 5.87. The second kappa shape index (κ2) is 8.47. The fourth-order valence-electron chi connectivity index (χ4n) is 2.61. The number of ether oxygens (including phenoxy) is 2. The number of pyridine rings is 1. The van der Waals surface area contributed by atoms with Crippen LogP contribution in [0.2, 0.25) is 0 Å². The maximum Gasteiger partial charge on any atom is 0.252 e. The van der Waals surface area contributed by atoms with Crippen molar-refractivity contribution in [3.8, 4) is 5.88 Å². The Labute approximate surface area is 136 Å². The number of carbonyl (C=O) groups is 2. The zero-order valence-electron chi connectivity index (χ0n) is 13.6. The summed E-state index contributed by atoms with van der Waals surface area (Å²) in [5, 5.41) is 2.80. The van der Waals surface area contributed by atoms with Gasteiger partial charge < -0.3 is 19.7 Å². The topological polar surface area (TPSA) is 80.8 Å². The number of carbonyl (C=O) groups excluding carboxylic acids is 2. The molecule has 2 rings (SSSR count). The van der Waals surface area contributed by atoms with Crippen LogP contribution in [-0.4, -0.2) is 55.1 Å². The summed E-state index contributed by atoms with van der Waals surface area (Å²) in [7, 11) is 3.06. The minimum Gasteiger partial charge on any atom is -0.481 e. The molecule has 0 aromatic carbocycles. The lowest BCUT2D eigenvalue weighted by atomic mass is 10.2. The van der Waals surface area contributed by atoms with Crippen molar-refractivity contribution in [1.29, 1.82) is 0 Å². The summed E-state index contributed by atoms with van der Waals surface area (Å²) in [5.41, 5.74) is 0.792. The van der Waals surface area contributed by atoms with Gasteiger partial charge in [-0.2, -0.15) is 0 Å². The predicted molar refractivity (Wildman–Crippen MR) is 83.9 cm³/mol. The second-order valence-corrected chi connectivity index (χ2v) is 5.43. The van der Waals surface area contributed by atoms with Gasteiger partial charge in [0.25, 0.3) is 5.91 Å². The Morgan fingerprint density at radius 2 is 2.26 bits per heavy atom. The summed E-state index contributed by atoms with van der Waals surface area (Å²) in [6, 6.07) is 3.62. The molecule has 2 amide bonds. The van der Waals surface area contributed by atoms with Crippen LogP contribution in [0, 0.1) is 0 Å². The van der Waals surface area contributed by atoms with E-state index in [-0.39, 0.29) is 18.4 Å². The standard InChI is InChI=1S/C16H23N3O4/c1-22-13-7-3-4-9-19(16(13)21)11-14(20)18-10-12-6-5-8-17-15(12)23-2/h5-6,8,13H,3-4,7,9-11H2,1-2H3,(H,18,20). The molecule has 23 heavy (non-hydrogen) atoms. The summed E-state index contributed by atoms with van der Waals surface area (Å²) >= 11 is 0. The molecular formula is C16H23N3O4. The van der Waals surface area contributed by atoms with Gasteiger partial charge in [-0.05, 0) is 25.3 Å². The van der Waals surface area contributed by atoms with Crippen LogP contribution in [-0.2, 0) is 20.9 Å². The fourth-order valence-corrected chi connectivity index (χ4v) is 2.61. The first kappa shape index (κ1) is 17.2. The minimum atomic E-state index is -0.441. The fraction of sp³-hybridized carbons (Fsp3) is 0.562. The molecule has 1 fully saturated rings. The van der Waals surface area contributed by atoms with Crippen LogP contribution in [0.4, 0.5) is 0 Å². The van der Waals surface area contributed by atoms with Gasteiger partial charge in [-0.25, -0.2) is 4.98 Å². The number of rotatable bonds is 6. The lowest BCUT2D eigenvalue weighted by molar-refractivity contribution is -0.144. The molecule has 2 heterocycles. The van der Waals surface area contributed by atoms with Crippen molar-refractivity contribution >= 4 is 11.8 Å². The number of methoxy groups -OCH3 is 2. The zero-order valence-corrected chi connectivity index (χ0v) is 13.6. The Morgan fingerprint density at radius 1 is 1.43 bits per heavy atom. The molecule has 0 saturated carbocycles. The summed E-state index contributed by atoms with van der Waals surface area (Å²) < 4.78 is 10.4. The van der Waals surface area contributed by atoms with E-state index in [0.717, 1.165) is 18.4 Å². The summed E-state index contributed by atoms with van der Waals surface area (Å²) in [6.45, 7) is 0.940. The molecule has 0 radical (unpaired) electrons. The van der Waals surface area contributed by atoms with Crippen LogP contribution >= 0.6 is 0 Å². The van der Waals surface area contributed by atoms with E-state index in [2.05, 4.69) is 10.3 Å². The van der Waals surface area contributed by atoms with E-state index in [9.17, 15) is 9.59 Å². The van der Waals surface area contributed by atoms with Gasteiger partial charge in [0, 0.05) is 32.0 Å². The molecule has 1 aromatic heterocycles. The molecule has 1 unspecified atom stereocenters. The molecule has 1 saturated heterocycles. The van der Waals surface area contributed by atoms with Crippen LogP contribution in [0.1, 0.15) is 24.8 Å². The average Bonchev–Trinajstić information content (AvgIpc) is 2.75. The maximum atomic E-state index is 12.3. The van der Waals surface area contributed by atoms with Gasteiger partial charge in [0.15, 0.2) is 0 Å². The van der Waals surface area contributed by atoms with Gasteiger partial charge in [0.2, 0.25) is 11.8 Å². The smallest absolute Gasteiger partial charge is 0.252 e. The Hall–Kier alpha value is -2.15. The summed E-state index contributed by atoms with van der Waals surface area (Å²) in [5.74, 6) is 0.165. The first-order valence-electron chi connectivity index (χ1n) is 7.72. The van der Waals surface area contributed by atoms with Crippen LogP contribution in [0.3, 0.4) is 0 Å². The first-order valence-corrected chi connectivity index (χ1v) is 7.72. The molecule has 0 spiro atoms. The zero-order chi connectivity index (χ0) is 16.7. The minimum absolute atomic E-state index is 0.0429. The van der Waals surface area contributed by atoms with Crippen molar-refractivity contribution in [3.05, 3.63) is 23.9 Å². The van der Waals surface area contributed by atoms with Gasteiger partial charge in [0.05, 0.1) is 13.7 Å². The van der Waals surface area contributed by atoms with Gasteiger partial charge in [-0.3, -0.25) is 9.59 Å². The SMILES string of the molecule is COc1ncccc1CNC(=O)CN1CCCCC(OC)C1=O. The van der Waals surface area contributed by atoms with E-state index in [4.69, 9.17) is 9.47 Å². The normalized spacial score (nSPS) is 18.4. The number of likely N-dealkylation sites (tertiary alicyclic amines) is 1. The van der Waals surface area contributed by atoms with E-state index in [1.165, 1.54) is 14.2 Å². The molecule has 0 aliphatic carbocycles. The summed E-state index contributed by atoms with van der Waals surface area (Å²) in [6.07, 6.45) is 3.71. The predicted octanol–water partition coefficient (Wildman–Crippen LogP) is 0.734. The van der Waals surface area contributed by atoms with Crippen molar-refractivity contribution in [2.45, 2.75) is 31.9 Å². The Bertz CT molecular complexity index is 550. The van der Waals surface area contributed by atoms with E-state index in [0.29, 0.717) is 25.4 Å². The van der Waals surface area contributed by atoms with E-state index < -0.39 is 6.10 Å². The molecular weight excluding hydrogens is 298 g/mol. The monoisotopic (exact) mass is 321 g/mol. The number of aromatic nitrogens is 1. The lowest BCUT2D eigenvalue weighted by Gasteiger charge is -2.23. The van der Waals surface area contributed by atoms with Gasteiger partial charge in [0.1, 0.15) is 6.10 Å². The lowest BCUT2D eigenvalue weighted by Crippen LogP contribution is -2.44. The largest absolute Gasteiger partial charge is 0.481 e. The van der Waals surface area contributed by atoms with Gasteiger partial charge >= 0.3 is 0 Å². The summed E-state index contributed by atoms with van der Waals surface area (Å²) in [4.78, 5) is 30.1. The van der Waals surface area contributed by atoms with Crippen molar-refractivity contribution in [3.63, 3.8) is 0 Å². The highest BCUT2D eigenvalue weighted by Gasteiger charge is 2.27. The average molecular weight is 321 g/mol. The molecule has 1 atom stereocenters. The second-order valence-electron chi connectivity index (χ2n) is 5.43. The van der Waals surface area contributed by atoms with Crippen molar-refractivity contribution in [1.82, 2.24) is 15.2 Å². The third-order valence-electron chi connectivity index (χ3n) is 3.87. The highest BCUT2D eigenvalue weighted by atomic mass is 16.5. The third kappa shape index (κ3) is 4.66. The van der Waals surface area contributed by atoms with Gasteiger partial charge in [-0.15, -0.1) is 0 Å². The number of nitrogens with zero attached hydrogens (tertiary/aromatic N) is 2. The van der Waals surface area contributed by atoms with Crippen molar-refractivity contribution in [2.75, 3.05) is 27.3 Å². The number of hydrogen-bond acceptors (Lipinski definition) is 5. The number of nitrogens with one attached hydrogen (secondary N) is 1. The Balaban J connectivity index is 1.89. The quantitative estimate of drug-likeness (QED) is 0.835. The van der Waals surface area contributed by atoms with Gasteiger partial charge in [-0.1, -0.05) is 6.07 Å². The molecule has 1 aliphatic rings. The van der Waals surface area contributed by atoms with Crippen LogP contribution < -0.4 is 10.1 Å². The molecule has 7 heteroatoms. The molecule has 1 aromatic rings. The van der Waals surface area contributed by atoms with Crippen LogP contribution in [0.5, 0.6) is 5.88 Å². The first-order chi connectivity index (χ1) is 11.2. The van der Waals surface area contributed by atoms with Crippen LogP contribution in [0.25, 0.3) is 0 Å². The number of hydrogen-bond donors (Lipinski definition) is 1. The van der Waals surface area contributed by atoms with Crippen LogP contribution in [0.15, 0.2) is 18.3 Å². The Morgan fingerprint density at radius 3 is 3.00 bits per heavy atom. The number of amides is 2. The maximum absolute atomic E-state index is 12.3. The molecule has 1 N–H and O–H groups in total. The molecule has 126 valence electrons. The molecule has 7 nitrogen and oxygen atoms in total. The van der Waals surface area contributed by atoms with E-state index >= 15 is 0 Å².